The third kappa shape index (κ3) is 4.57. The fourth-order valence-electron chi connectivity index (χ4n) is 3.14. The third-order valence-corrected chi connectivity index (χ3v) is 4.21. The molecule has 0 spiro atoms. The Morgan fingerprint density at radius 2 is 1.74 bits per heavy atom. The van der Waals surface area contributed by atoms with E-state index in [0.29, 0.717) is 6.54 Å². The summed E-state index contributed by atoms with van der Waals surface area (Å²) in [6, 6.07) is 6.04. The van der Waals surface area contributed by atoms with Gasteiger partial charge in [0.2, 0.25) is 11.8 Å². The van der Waals surface area contributed by atoms with E-state index >= 15 is 0 Å². The van der Waals surface area contributed by atoms with Crippen molar-refractivity contribution >= 4 is 17.5 Å². The number of likely N-dealkylation sites (tertiary alicyclic amines) is 1. The van der Waals surface area contributed by atoms with Crippen LogP contribution in [0.2, 0.25) is 0 Å². The van der Waals surface area contributed by atoms with Crippen LogP contribution in [0.25, 0.3) is 0 Å². The highest BCUT2D eigenvalue weighted by molar-refractivity contribution is 5.93. The highest BCUT2D eigenvalue weighted by atomic mass is 16.2. The number of hydrogen-bond donors (Lipinski definition) is 1. The van der Waals surface area contributed by atoms with Crippen molar-refractivity contribution in [2.75, 3.05) is 18.4 Å². The molecule has 1 fully saturated rings. The molecular formula is C19H28N2O2. The molecule has 2 amide bonds. The quantitative estimate of drug-likeness (QED) is 0.907. The van der Waals surface area contributed by atoms with E-state index in [0.717, 1.165) is 36.2 Å². The van der Waals surface area contributed by atoms with Crippen molar-refractivity contribution in [3.05, 3.63) is 29.3 Å². The highest BCUT2D eigenvalue weighted by Gasteiger charge is 2.33. The van der Waals surface area contributed by atoms with Crippen molar-refractivity contribution in [2.45, 2.75) is 47.5 Å². The van der Waals surface area contributed by atoms with Crippen molar-refractivity contribution in [3.8, 4) is 0 Å². The Morgan fingerprint density at radius 3 is 2.30 bits per heavy atom. The average Bonchev–Trinajstić information content (AvgIpc) is 2.44. The summed E-state index contributed by atoms with van der Waals surface area (Å²) in [5, 5.41) is 3.01. The number of anilines is 1. The van der Waals surface area contributed by atoms with E-state index in [4.69, 9.17) is 0 Å². The summed E-state index contributed by atoms with van der Waals surface area (Å²) in [4.78, 5) is 26.8. The number of nitrogens with one attached hydrogen (secondary N) is 1. The molecule has 23 heavy (non-hydrogen) atoms. The first-order valence-electron chi connectivity index (χ1n) is 8.35. The van der Waals surface area contributed by atoms with Gasteiger partial charge in [0.1, 0.15) is 0 Å². The van der Waals surface area contributed by atoms with Crippen molar-refractivity contribution < 1.29 is 9.59 Å². The second-order valence-electron chi connectivity index (χ2n) is 7.71. The molecule has 1 aromatic rings. The van der Waals surface area contributed by atoms with Crippen LogP contribution in [0.3, 0.4) is 0 Å². The molecule has 0 bridgehead atoms. The summed E-state index contributed by atoms with van der Waals surface area (Å²) in [5.41, 5.74) is 2.71. The number of carbonyl (C=O) groups excluding carboxylic acids is 2. The standard InChI is InChI=1S/C19H28N2O2/c1-13-9-14(2)11-16(10-13)20-17(22)15-7-6-8-21(12-15)18(23)19(3,4)5/h9-11,15H,6-8,12H2,1-5H3,(H,20,22)/t15-/m0/s1. The Morgan fingerprint density at radius 1 is 1.13 bits per heavy atom. The summed E-state index contributed by atoms with van der Waals surface area (Å²) in [7, 11) is 0. The lowest BCUT2D eigenvalue weighted by atomic mass is 9.91. The average molecular weight is 316 g/mol. The molecule has 4 heteroatoms. The molecule has 1 aliphatic rings. The number of aryl methyl sites for hydroxylation is 2. The lowest BCUT2D eigenvalue weighted by molar-refractivity contribution is -0.142. The summed E-state index contributed by atoms with van der Waals surface area (Å²) in [6.45, 7) is 11.1. The molecule has 1 saturated heterocycles. The molecular weight excluding hydrogens is 288 g/mol. The van der Waals surface area contributed by atoms with Crippen molar-refractivity contribution in [1.29, 1.82) is 0 Å². The van der Waals surface area contributed by atoms with Gasteiger partial charge in [-0.3, -0.25) is 9.59 Å². The van der Waals surface area contributed by atoms with Crippen molar-refractivity contribution in [2.24, 2.45) is 11.3 Å². The van der Waals surface area contributed by atoms with Crippen LogP contribution < -0.4 is 5.32 Å². The van der Waals surface area contributed by atoms with Gasteiger partial charge in [-0.2, -0.15) is 0 Å². The van der Waals surface area contributed by atoms with Crippen LogP contribution >= 0.6 is 0 Å². The largest absolute Gasteiger partial charge is 0.341 e. The number of piperidine rings is 1. The summed E-state index contributed by atoms with van der Waals surface area (Å²) < 4.78 is 0. The zero-order valence-electron chi connectivity index (χ0n) is 14.9. The maximum Gasteiger partial charge on any atom is 0.229 e. The van der Waals surface area contributed by atoms with E-state index in [-0.39, 0.29) is 17.7 Å². The van der Waals surface area contributed by atoms with Gasteiger partial charge in [0.05, 0.1) is 5.92 Å². The van der Waals surface area contributed by atoms with E-state index in [1.165, 1.54) is 0 Å². The van der Waals surface area contributed by atoms with E-state index in [1.807, 2.05) is 51.7 Å². The molecule has 2 rings (SSSR count). The molecule has 1 atom stereocenters. The number of hydrogen-bond acceptors (Lipinski definition) is 2. The third-order valence-electron chi connectivity index (χ3n) is 4.21. The monoisotopic (exact) mass is 316 g/mol. The fraction of sp³-hybridized carbons (Fsp3) is 0.579. The van der Waals surface area contributed by atoms with Gasteiger partial charge in [0.15, 0.2) is 0 Å². The molecule has 1 heterocycles. The zero-order chi connectivity index (χ0) is 17.2. The first kappa shape index (κ1) is 17.5. The Balaban J connectivity index is 2.03. The number of benzene rings is 1. The smallest absolute Gasteiger partial charge is 0.229 e. The first-order chi connectivity index (χ1) is 10.7. The Hall–Kier alpha value is -1.84. The molecule has 0 radical (unpaired) electrons. The van der Waals surface area contributed by atoms with Crippen LogP contribution in [0.15, 0.2) is 18.2 Å². The first-order valence-corrected chi connectivity index (χ1v) is 8.35. The zero-order valence-corrected chi connectivity index (χ0v) is 14.9. The Labute approximate surface area is 139 Å². The minimum atomic E-state index is -0.397. The molecule has 126 valence electrons. The summed E-state index contributed by atoms with van der Waals surface area (Å²) >= 11 is 0. The Kier molecular flexibility index (Phi) is 5.12. The number of nitrogens with zero attached hydrogens (tertiary/aromatic N) is 1. The van der Waals surface area contributed by atoms with Crippen LogP contribution in [-0.2, 0) is 9.59 Å². The van der Waals surface area contributed by atoms with Crippen LogP contribution in [0, 0.1) is 25.2 Å². The molecule has 0 aliphatic carbocycles. The minimum absolute atomic E-state index is 0.0152. The lowest BCUT2D eigenvalue weighted by Gasteiger charge is -2.35. The van der Waals surface area contributed by atoms with Gasteiger partial charge < -0.3 is 10.2 Å². The fourth-order valence-corrected chi connectivity index (χ4v) is 3.14. The summed E-state index contributed by atoms with van der Waals surface area (Å²) in [5.74, 6) is 0.0127. The maximum atomic E-state index is 12.6. The molecule has 1 N–H and O–H groups in total. The molecule has 1 aliphatic heterocycles. The van der Waals surface area contributed by atoms with E-state index in [9.17, 15) is 9.59 Å². The number of rotatable bonds is 2. The van der Waals surface area contributed by atoms with Crippen LogP contribution in [0.5, 0.6) is 0 Å². The lowest BCUT2D eigenvalue weighted by Crippen LogP contribution is -2.47. The molecule has 0 unspecified atom stereocenters. The molecule has 4 nitrogen and oxygen atoms in total. The molecule has 1 aromatic carbocycles. The van der Waals surface area contributed by atoms with Gasteiger partial charge in [-0.15, -0.1) is 0 Å². The Bertz CT molecular complexity index is 582. The highest BCUT2D eigenvalue weighted by Crippen LogP contribution is 2.24. The second kappa shape index (κ2) is 6.73. The van der Waals surface area contributed by atoms with Gasteiger partial charge in [0, 0.05) is 24.2 Å². The summed E-state index contributed by atoms with van der Waals surface area (Å²) in [6.07, 6.45) is 1.72. The molecule has 0 aromatic heterocycles. The van der Waals surface area contributed by atoms with Gasteiger partial charge >= 0.3 is 0 Å². The number of carbonyl (C=O) groups is 2. The topological polar surface area (TPSA) is 49.4 Å². The van der Waals surface area contributed by atoms with Gasteiger partial charge in [0.25, 0.3) is 0 Å². The van der Waals surface area contributed by atoms with Crippen LogP contribution in [-0.4, -0.2) is 29.8 Å². The SMILES string of the molecule is Cc1cc(C)cc(NC(=O)[C@H]2CCCN(C(=O)C(C)(C)C)C2)c1. The van der Waals surface area contributed by atoms with Crippen molar-refractivity contribution in [3.63, 3.8) is 0 Å². The maximum absolute atomic E-state index is 12.6. The van der Waals surface area contributed by atoms with Gasteiger partial charge in [-0.1, -0.05) is 26.8 Å². The van der Waals surface area contributed by atoms with E-state index in [2.05, 4.69) is 11.4 Å². The van der Waals surface area contributed by atoms with Gasteiger partial charge in [-0.25, -0.2) is 0 Å². The normalized spacial score (nSPS) is 18.7. The van der Waals surface area contributed by atoms with Crippen LogP contribution in [0.4, 0.5) is 5.69 Å². The minimum Gasteiger partial charge on any atom is -0.341 e. The molecule has 0 saturated carbocycles. The predicted octanol–water partition coefficient (Wildman–Crippen LogP) is 3.53. The van der Waals surface area contributed by atoms with Crippen LogP contribution in [0.1, 0.15) is 44.7 Å². The van der Waals surface area contributed by atoms with Gasteiger partial charge in [-0.05, 0) is 49.9 Å². The van der Waals surface area contributed by atoms with Crippen molar-refractivity contribution in [1.82, 2.24) is 4.90 Å². The van der Waals surface area contributed by atoms with E-state index in [1.54, 1.807) is 0 Å². The second-order valence-corrected chi connectivity index (χ2v) is 7.71. The number of amides is 2. The predicted molar refractivity (Wildman–Crippen MR) is 93.3 cm³/mol. The van der Waals surface area contributed by atoms with E-state index < -0.39 is 5.41 Å².